The Labute approximate surface area is 65.9 Å². The second-order valence-corrected chi connectivity index (χ2v) is 1.88. The molecule has 0 saturated carbocycles. The topological polar surface area (TPSA) is 85.6 Å². The van der Waals surface area contributed by atoms with Gasteiger partial charge in [-0.05, 0) is 13.0 Å². The Morgan fingerprint density at radius 2 is 2.09 bits per heavy atom. The zero-order valence-corrected chi connectivity index (χ0v) is 6.17. The normalized spacial score (nSPS) is 7.55. The van der Waals surface area contributed by atoms with E-state index < -0.39 is 0 Å². The van der Waals surface area contributed by atoms with Gasteiger partial charge in [0.1, 0.15) is 17.7 Å². The predicted octanol–water partition coefficient (Wildman–Crippen LogP) is -0.144. The molecule has 4 heteroatoms. The first kappa shape index (κ1) is 9.48. The van der Waals surface area contributed by atoms with E-state index in [1.54, 1.807) is 12.1 Å². The van der Waals surface area contributed by atoms with Crippen LogP contribution in [0.5, 0.6) is 0 Å². The minimum atomic E-state index is 0.0852. The van der Waals surface area contributed by atoms with E-state index in [1.807, 2.05) is 0 Å². The van der Waals surface area contributed by atoms with Gasteiger partial charge in [-0.25, -0.2) is 0 Å². The summed E-state index contributed by atoms with van der Waals surface area (Å²) in [6.45, 7) is 1.30. The summed E-state index contributed by atoms with van der Waals surface area (Å²) in [5.74, 6) is 0. The van der Waals surface area contributed by atoms with Gasteiger partial charge in [-0.2, -0.15) is 10.5 Å². The Kier molecular flexibility index (Phi) is 5.69. The highest BCUT2D eigenvalue weighted by molar-refractivity contribution is 5.34. The molecule has 0 fully saturated rings. The van der Waals surface area contributed by atoms with Crippen LogP contribution in [0.4, 0.5) is 0 Å². The van der Waals surface area contributed by atoms with E-state index in [4.69, 9.17) is 16.3 Å². The Morgan fingerprint density at radius 3 is 2.55 bits per heavy atom. The molecule has 58 valence electrons. The van der Waals surface area contributed by atoms with Gasteiger partial charge in [0, 0.05) is 12.7 Å². The second-order valence-electron chi connectivity index (χ2n) is 1.88. The third-order valence-corrected chi connectivity index (χ3v) is 1.01. The SMILES string of the molecule is N#CC(C#N)=CNCCCN. The minimum Gasteiger partial charge on any atom is -0.389 e. The maximum absolute atomic E-state index is 8.28. The van der Waals surface area contributed by atoms with E-state index in [2.05, 4.69) is 5.32 Å². The molecule has 0 bridgehead atoms. The lowest BCUT2D eigenvalue weighted by molar-refractivity contribution is 0.760. The van der Waals surface area contributed by atoms with Crippen molar-refractivity contribution < 1.29 is 0 Å². The molecule has 0 radical (unpaired) electrons. The average molecular weight is 150 g/mol. The molecule has 11 heavy (non-hydrogen) atoms. The lowest BCUT2D eigenvalue weighted by Gasteiger charge is -1.95. The summed E-state index contributed by atoms with van der Waals surface area (Å²) >= 11 is 0. The summed E-state index contributed by atoms with van der Waals surface area (Å²) in [7, 11) is 0. The average Bonchev–Trinajstić information content (AvgIpc) is 2.05. The zero-order valence-electron chi connectivity index (χ0n) is 6.17. The maximum Gasteiger partial charge on any atom is 0.145 e. The summed E-state index contributed by atoms with van der Waals surface area (Å²) in [5, 5.41) is 19.4. The molecule has 0 spiro atoms. The van der Waals surface area contributed by atoms with Crippen LogP contribution in [-0.2, 0) is 0 Å². The van der Waals surface area contributed by atoms with Gasteiger partial charge in [0.05, 0.1) is 0 Å². The van der Waals surface area contributed by atoms with Crippen LogP contribution in [0.3, 0.4) is 0 Å². The fourth-order valence-corrected chi connectivity index (χ4v) is 0.468. The van der Waals surface area contributed by atoms with Crippen LogP contribution in [0.25, 0.3) is 0 Å². The highest BCUT2D eigenvalue weighted by Crippen LogP contribution is 1.84. The van der Waals surface area contributed by atoms with Gasteiger partial charge in [-0.3, -0.25) is 0 Å². The summed E-state index contributed by atoms with van der Waals surface area (Å²) in [5.41, 5.74) is 5.30. The van der Waals surface area contributed by atoms with E-state index in [9.17, 15) is 0 Å². The van der Waals surface area contributed by atoms with E-state index >= 15 is 0 Å². The van der Waals surface area contributed by atoms with Crippen molar-refractivity contribution in [1.82, 2.24) is 5.32 Å². The standard InChI is InChI=1S/C7H10N4/c8-2-1-3-11-6-7(4-9)5-10/h6,11H,1-3,8H2. The first-order valence-electron chi connectivity index (χ1n) is 3.29. The Morgan fingerprint density at radius 1 is 1.45 bits per heavy atom. The molecular formula is C7H10N4. The number of nitrogens with zero attached hydrogens (tertiary/aromatic N) is 2. The summed E-state index contributed by atoms with van der Waals surface area (Å²) in [6.07, 6.45) is 2.23. The third kappa shape index (κ3) is 4.95. The highest BCUT2D eigenvalue weighted by Gasteiger charge is 1.88. The van der Waals surface area contributed by atoms with E-state index in [-0.39, 0.29) is 5.57 Å². The van der Waals surface area contributed by atoms with Crippen molar-refractivity contribution in [2.75, 3.05) is 13.1 Å². The van der Waals surface area contributed by atoms with Crippen molar-refractivity contribution in [3.05, 3.63) is 11.8 Å². The van der Waals surface area contributed by atoms with Gasteiger partial charge >= 0.3 is 0 Å². The van der Waals surface area contributed by atoms with E-state index in [0.717, 1.165) is 6.42 Å². The van der Waals surface area contributed by atoms with Gasteiger partial charge < -0.3 is 11.1 Å². The Hall–Kier alpha value is -1.52. The quantitative estimate of drug-likeness (QED) is 0.431. The number of nitriles is 2. The van der Waals surface area contributed by atoms with E-state index in [0.29, 0.717) is 13.1 Å². The smallest absolute Gasteiger partial charge is 0.145 e. The number of hydrogen-bond donors (Lipinski definition) is 2. The van der Waals surface area contributed by atoms with Crippen LogP contribution in [0.1, 0.15) is 6.42 Å². The monoisotopic (exact) mass is 150 g/mol. The molecule has 0 aliphatic rings. The molecule has 0 heterocycles. The second kappa shape index (κ2) is 6.60. The van der Waals surface area contributed by atoms with Crippen LogP contribution in [0, 0.1) is 22.7 Å². The maximum atomic E-state index is 8.28. The summed E-state index contributed by atoms with van der Waals surface area (Å²) in [6, 6.07) is 3.47. The van der Waals surface area contributed by atoms with Crippen LogP contribution < -0.4 is 11.1 Å². The van der Waals surface area contributed by atoms with Gasteiger partial charge in [-0.15, -0.1) is 0 Å². The molecular weight excluding hydrogens is 140 g/mol. The number of allylic oxidation sites excluding steroid dienone is 1. The van der Waals surface area contributed by atoms with Crippen molar-refractivity contribution in [3.63, 3.8) is 0 Å². The minimum absolute atomic E-state index is 0.0852. The molecule has 0 saturated heterocycles. The fraction of sp³-hybridized carbons (Fsp3) is 0.429. The highest BCUT2D eigenvalue weighted by atomic mass is 14.8. The molecule has 0 unspecified atom stereocenters. The molecule has 0 aromatic heterocycles. The van der Waals surface area contributed by atoms with E-state index in [1.165, 1.54) is 6.20 Å². The van der Waals surface area contributed by atoms with Crippen molar-refractivity contribution in [2.24, 2.45) is 5.73 Å². The molecule has 0 aromatic carbocycles. The molecule has 3 N–H and O–H groups in total. The van der Waals surface area contributed by atoms with Crippen LogP contribution in [-0.4, -0.2) is 13.1 Å². The molecule has 0 aliphatic heterocycles. The lowest BCUT2D eigenvalue weighted by Crippen LogP contribution is -2.12. The summed E-state index contributed by atoms with van der Waals surface area (Å²) in [4.78, 5) is 0. The largest absolute Gasteiger partial charge is 0.389 e. The van der Waals surface area contributed by atoms with Gasteiger partial charge in [0.2, 0.25) is 0 Å². The molecule has 0 amide bonds. The number of nitrogens with one attached hydrogen (secondary N) is 1. The van der Waals surface area contributed by atoms with Gasteiger partial charge in [-0.1, -0.05) is 0 Å². The molecule has 0 rings (SSSR count). The van der Waals surface area contributed by atoms with Gasteiger partial charge in [0.25, 0.3) is 0 Å². The number of nitrogens with two attached hydrogens (primary N) is 1. The van der Waals surface area contributed by atoms with Crippen molar-refractivity contribution >= 4 is 0 Å². The first-order chi connectivity index (χ1) is 5.35. The Balaban J connectivity index is 3.58. The van der Waals surface area contributed by atoms with Crippen molar-refractivity contribution in [2.45, 2.75) is 6.42 Å². The molecule has 0 aliphatic carbocycles. The number of rotatable bonds is 4. The van der Waals surface area contributed by atoms with Crippen LogP contribution in [0.2, 0.25) is 0 Å². The molecule has 0 aromatic rings. The van der Waals surface area contributed by atoms with Gasteiger partial charge in [0.15, 0.2) is 0 Å². The van der Waals surface area contributed by atoms with Crippen molar-refractivity contribution in [3.8, 4) is 12.1 Å². The third-order valence-electron chi connectivity index (χ3n) is 1.01. The Bertz CT molecular complexity index is 189. The van der Waals surface area contributed by atoms with Crippen molar-refractivity contribution in [1.29, 1.82) is 10.5 Å². The van der Waals surface area contributed by atoms with Crippen LogP contribution >= 0.6 is 0 Å². The number of hydrogen-bond acceptors (Lipinski definition) is 4. The first-order valence-corrected chi connectivity index (χ1v) is 3.29. The van der Waals surface area contributed by atoms with Crippen LogP contribution in [0.15, 0.2) is 11.8 Å². The molecule has 0 atom stereocenters. The fourth-order valence-electron chi connectivity index (χ4n) is 0.468. The lowest BCUT2D eigenvalue weighted by atomic mass is 10.3. The predicted molar refractivity (Wildman–Crippen MR) is 41.0 cm³/mol. The summed E-state index contributed by atoms with van der Waals surface area (Å²) < 4.78 is 0. The molecule has 4 nitrogen and oxygen atoms in total. The zero-order chi connectivity index (χ0) is 8.53.